The van der Waals surface area contributed by atoms with Gasteiger partial charge in [0.15, 0.2) is 23.5 Å². The molecule has 2 aliphatic rings. The van der Waals surface area contributed by atoms with E-state index >= 15 is 0 Å². The standard InChI is InChI=1S/C25H34F2O/c1-4-17-7-9-18(10-8-17)19-11-13-20(14-12-19)21-15-23(26)25(24(27)16-21)28-22(5-2)6-3/h2,15-20,22H,4,6-14H2,1,3H3. The fraction of sp³-hybridized carbons (Fsp3) is 0.680. The molecule has 0 saturated heterocycles. The summed E-state index contributed by atoms with van der Waals surface area (Å²) in [5, 5.41) is 0. The van der Waals surface area contributed by atoms with Gasteiger partial charge >= 0.3 is 0 Å². The van der Waals surface area contributed by atoms with Crippen molar-refractivity contribution in [1.29, 1.82) is 0 Å². The number of ether oxygens (including phenoxy) is 1. The summed E-state index contributed by atoms with van der Waals surface area (Å²) in [6.45, 7) is 4.14. The van der Waals surface area contributed by atoms with E-state index in [9.17, 15) is 8.78 Å². The summed E-state index contributed by atoms with van der Waals surface area (Å²) >= 11 is 0. The lowest BCUT2D eigenvalue weighted by Gasteiger charge is -2.38. The van der Waals surface area contributed by atoms with Gasteiger partial charge in [-0.1, -0.05) is 39.0 Å². The van der Waals surface area contributed by atoms with Crippen molar-refractivity contribution in [2.24, 2.45) is 17.8 Å². The molecule has 2 saturated carbocycles. The number of benzene rings is 1. The highest BCUT2D eigenvalue weighted by Gasteiger charge is 2.31. The van der Waals surface area contributed by atoms with E-state index in [0.29, 0.717) is 6.42 Å². The maximum atomic E-state index is 14.5. The van der Waals surface area contributed by atoms with E-state index in [4.69, 9.17) is 11.2 Å². The second-order valence-corrected chi connectivity index (χ2v) is 8.80. The first-order valence-corrected chi connectivity index (χ1v) is 11.2. The minimum absolute atomic E-state index is 0.246. The van der Waals surface area contributed by atoms with Gasteiger partial charge in [-0.25, -0.2) is 8.78 Å². The third-order valence-electron chi connectivity index (χ3n) is 7.22. The molecule has 3 heteroatoms. The Hall–Kier alpha value is -1.56. The lowest BCUT2D eigenvalue weighted by Crippen LogP contribution is -2.25. The Morgan fingerprint density at radius 3 is 1.96 bits per heavy atom. The minimum Gasteiger partial charge on any atom is -0.472 e. The Morgan fingerprint density at radius 2 is 1.50 bits per heavy atom. The van der Waals surface area contributed by atoms with Gasteiger partial charge in [-0.3, -0.25) is 0 Å². The van der Waals surface area contributed by atoms with Crippen molar-refractivity contribution < 1.29 is 13.5 Å². The topological polar surface area (TPSA) is 9.23 Å². The van der Waals surface area contributed by atoms with Gasteiger partial charge in [0.25, 0.3) is 0 Å². The maximum Gasteiger partial charge on any atom is 0.192 e. The van der Waals surface area contributed by atoms with Gasteiger partial charge in [0.1, 0.15) is 0 Å². The molecule has 0 amide bonds. The summed E-state index contributed by atoms with van der Waals surface area (Å²) in [5.41, 5.74) is 0.768. The predicted molar refractivity (Wildman–Crippen MR) is 110 cm³/mol. The molecule has 0 spiro atoms. The second kappa shape index (κ2) is 9.77. The second-order valence-electron chi connectivity index (χ2n) is 8.80. The van der Waals surface area contributed by atoms with Crippen LogP contribution in [0.25, 0.3) is 0 Å². The fourth-order valence-electron chi connectivity index (χ4n) is 5.30. The highest BCUT2D eigenvalue weighted by atomic mass is 19.1. The van der Waals surface area contributed by atoms with Gasteiger partial charge in [-0.2, -0.15) is 0 Å². The van der Waals surface area contributed by atoms with Crippen molar-refractivity contribution in [1.82, 2.24) is 0 Å². The van der Waals surface area contributed by atoms with Crippen LogP contribution in [0.1, 0.15) is 89.5 Å². The predicted octanol–water partition coefficient (Wildman–Crippen LogP) is 7.25. The summed E-state index contributed by atoms with van der Waals surface area (Å²) in [6.07, 6.45) is 16.5. The average molecular weight is 389 g/mol. The zero-order chi connectivity index (χ0) is 20.1. The summed E-state index contributed by atoms with van der Waals surface area (Å²) in [4.78, 5) is 0. The zero-order valence-corrected chi connectivity index (χ0v) is 17.4. The Kier molecular flexibility index (Phi) is 7.38. The lowest BCUT2D eigenvalue weighted by atomic mass is 9.68. The Balaban J connectivity index is 1.59. The molecule has 154 valence electrons. The van der Waals surface area contributed by atoms with Crippen LogP contribution in [0, 0.1) is 41.7 Å². The van der Waals surface area contributed by atoms with E-state index in [1.54, 1.807) is 0 Å². The summed E-state index contributed by atoms with van der Waals surface area (Å²) in [6, 6.07) is 2.91. The normalized spacial score (nSPS) is 29.1. The van der Waals surface area contributed by atoms with Crippen LogP contribution in [0.3, 0.4) is 0 Å². The number of hydrogen-bond acceptors (Lipinski definition) is 1. The molecule has 1 unspecified atom stereocenters. The van der Waals surface area contributed by atoms with Crippen LogP contribution in [0.15, 0.2) is 12.1 Å². The minimum atomic E-state index is -0.635. The van der Waals surface area contributed by atoms with Crippen molar-refractivity contribution in [3.05, 3.63) is 29.3 Å². The van der Waals surface area contributed by atoms with Crippen molar-refractivity contribution in [2.45, 2.75) is 90.1 Å². The Bertz CT molecular complexity index is 653. The first-order valence-electron chi connectivity index (χ1n) is 11.2. The van der Waals surface area contributed by atoms with Crippen LogP contribution >= 0.6 is 0 Å². The molecule has 1 aromatic carbocycles. The first-order chi connectivity index (χ1) is 13.5. The van der Waals surface area contributed by atoms with Gasteiger partial charge in [0.05, 0.1) is 0 Å². The lowest BCUT2D eigenvalue weighted by molar-refractivity contribution is 0.158. The molecule has 1 nitrogen and oxygen atoms in total. The van der Waals surface area contributed by atoms with E-state index < -0.39 is 17.7 Å². The summed E-state index contributed by atoms with van der Waals surface area (Å²) < 4.78 is 34.4. The highest BCUT2D eigenvalue weighted by molar-refractivity contribution is 5.34. The van der Waals surface area contributed by atoms with Crippen molar-refractivity contribution in [3.63, 3.8) is 0 Å². The Labute approximate surface area is 169 Å². The van der Waals surface area contributed by atoms with Crippen LogP contribution < -0.4 is 4.74 Å². The van der Waals surface area contributed by atoms with Gasteiger partial charge in [0, 0.05) is 0 Å². The van der Waals surface area contributed by atoms with Crippen LogP contribution in [-0.2, 0) is 0 Å². The van der Waals surface area contributed by atoms with Crippen LogP contribution in [0.2, 0.25) is 0 Å². The molecule has 0 aromatic heterocycles. The molecule has 0 N–H and O–H groups in total. The highest BCUT2D eigenvalue weighted by Crippen LogP contribution is 2.44. The molecule has 0 heterocycles. The van der Waals surface area contributed by atoms with E-state index in [1.165, 1.54) is 57.1 Å². The van der Waals surface area contributed by atoms with Gasteiger partial charge in [0.2, 0.25) is 0 Å². The Morgan fingerprint density at radius 1 is 0.964 bits per heavy atom. The van der Waals surface area contributed by atoms with Gasteiger partial charge in [-0.15, -0.1) is 6.42 Å². The molecule has 0 radical (unpaired) electrons. The van der Waals surface area contributed by atoms with E-state index in [1.807, 2.05) is 6.92 Å². The number of hydrogen-bond donors (Lipinski definition) is 0. The van der Waals surface area contributed by atoms with E-state index in [0.717, 1.165) is 36.2 Å². The molecule has 0 bridgehead atoms. The molecule has 1 aromatic rings. The molecular formula is C25H34F2O. The average Bonchev–Trinajstić information content (AvgIpc) is 2.73. The summed E-state index contributed by atoms with van der Waals surface area (Å²) in [5.74, 6) is 3.65. The van der Waals surface area contributed by atoms with Crippen LogP contribution in [-0.4, -0.2) is 6.10 Å². The summed E-state index contributed by atoms with van der Waals surface area (Å²) in [7, 11) is 0. The molecule has 28 heavy (non-hydrogen) atoms. The molecule has 0 aliphatic heterocycles. The third kappa shape index (κ3) is 4.88. The third-order valence-corrected chi connectivity index (χ3v) is 7.22. The van der Waals surface area contributed by atoms with Crippen molar-refractivity contribution in [3.8, 4) is 18.1 Å². The molecule has 2 fully saturated rings. The molecule has 1 atom stereocenters. The van der Waals surface area contributed by atoms with Crippen LogP contribution in [0.4, 0.5) is 8.78 Å². The molecule has 2 aliphatic carbocycles. The van der Waals surface area contributed by atoms with Crippen LogP contribution in [0.5, 0.6) is 5.75 Å². The maximum absolute atomic E-state index is 14.5. The number of halogens is 2. The SMILES string of the molecule is C#CC(CC)Oc1c(F)cc(C2CCC(C3CCC(CC)CC3)CC2)cc1F. The zero-order valence-electron chi connectivity index (χ0n) is 17.4. The number of terminal acetylenes is 1. The molecular weight excluding hydrogens is 354 g/mol. The number of rotatable bonds is 6. The van der Waals surface area contributed by atoms with Gasteiger partial charge < -0.3 is 4.74 Å². The molecule has 3 rings (SSSR count). The fourth-order valence-corrected chi connectivity index (χ4v) is 5.30. The smallest absolute Gasteiger partial charge is 0.192 e. The largest absolute Gasteiger partial charge is 0.472 e. The quantitative estimate of drug-likeness (QED) is 0.467. The van der Waals surface area contributed by atoms with Gasteiger partial charge in [-0.05, 0) is 86.3 Å². The first kappa shape index (κ1) is 21.2. The van der Waals surface area contributed by atoms with E-state index in [-0.39, 0.29) is 11.7 Å². The monoisotopic (exact) mass is 388 g/mol. The van der Waals surface area contributed by atoms with Crippen molar-refractivity contribution in [2.75, 3.05) is 0 Å². The van der Waals surface area contributed by atoms with E-state index in [2.05, 4.69) is 12.8 Å². The van der Waals surface area contributed by atoms with Crippen molar-refractivity contribution >= 4 is 0 Å².